The summed E-state index contributed by atoms with van der Waals surface area (Å²) in [6.45, 7) is 5.86. The molecule has 1 aromatic heterocycles. The van der Waals surface area contributed by atoms with Crippen LogP contribution in [0.3, 0.4) is 0 Å². The number of para-hydroxylation sites is 2. The molecule has 2 heterocycles. The number of carbonyl (C=O) groups excluding carboxylic acids is 2. The monoisotopic (exact) mass is 574 g/mol. The summed E-state index contributed by atoms with van der Waals surface area (Å²) in [5.74, 6) is -1.01. The van der Waals surface area contributed by atoms with E-state index in [2.05, 4.69) is 44.6 Å². The summed E-state index contributed by atoms with van der Waals surface area (Å²) in [6.07, 6.45) is 0. The van der Waals surface area contributed by atoms with Gasteiger partial charge < -0.3 is 19.7 Å². The van der Waals surface area contributed by atoms with Crippen LogP contribution in [0, 0.1) is 0 Å². The number of ketones is 1. The van der Waals surface area contributed by atoms with Gasteiger partial charge in [-0.25, -0.2) is 4.98 Å². The number of aromatic nitrogens is 2. The molecule has 2 N–H and O–H groups in total. The van der Waals surface area contributed by atoms with Crippen LogP contribution in [0.5, 0.6) is 5.75 Å². The van der Waals surface area contributed by atoms with E-state index in [1.807, 2.05) is 48.5 Å². The fraction of sp³-hybridized carbons (Fsp3) is 0.207. The second kappa shape index (κ2) is 10.3. The predicted molar refractivity (Wildman–Crippen MR) is 152 cm³/mol. The molecule has 0 bridgehead atoms. The topological polar surface area (TPSA) is 98.8 Å². The van der Waals surface area contributed by atoms with Crippen LogP contribution in [0.2, 0.25) is 0 Å². The maximum Gasteiger partial charge on any atom is 0.302 e. The molecular weight excluding hydrogens is 548 g/mol. The van der Waals surface area contributed by atoms with Crippen LogP contribution in [0.15, 0.2) is 76.8 Å². The molecule has 1 aliphatic rings. The van der Waals surface area contributed by atoms with E-state index in [9.17, 15) is 14.7 Å². The molecule has 0 radical (unpaired) electrons. The summed E-state index contributed by atoms with van der Waals surface area (Å²) in [4.78, 5) is 38.3. The highest BCUT2D eigenvalue weighted by molar-refractivity contribution is 9.10. The van der Waals surface area contributed by atoms with E-state index in [0.717, 1.165) is 24.3 Å². The number of ether oxygens (including phenoxy) is 1. The molecule has 4 aromatic rings. The summed E-state index contributed by atoms with van der Waals surface area (Å²) in [6, 6.07) is 19.2. The number of carbonyl (C=O) groups is 2. The second-order valence-electron chi connectivity index (χ2n) is 8.86. The minimum absolute atomic E-state index is 0.0110. The van der Waals surface area contributed by atoms with Gasteiger partial charge in [-0.15, -0.1) is 0 Å². The Hall–Kier alpha value is -4.11. The Bertz CT molecular complexity index is 1520. The Morgan fingerprint density at radius 3 is 2.42 bits per heavy atom. The zero-order valence-corrected chi connectivity index (χ0v) is 22.8. The average Bonchev–Trinajstić information content (AvgIpc) is 3.47. The van der Waals surface area contributed by atoms with E-state index in [4.69, 9.17) is 4.74 Å². The third-order valence-corrected chi connectivity index (χ3v) is 7.43. The Morgan fingerprint density at radius 2 is 1.79 bits per heavy atom. The van der Waals surface area contributed by atoms with E-state index in [-0.39, 0.29) is 17.3 Å². The molecule has 9 heteroatoms. The fourth-order valence-electron chi connectivity index (χ4n) is 4.85. The van der Waals surface area contributed by atoms with Gasteiger partial charge in [0.25, 0.3) is 5.78 Å². The van der Waals surface area contributed by atoms with Crippen molar-refractivity contribution in [2.24, 2.45) is 0 Å². The van der Waals surface area contributed by atoms with Crippen molar-refractivity contribution >= 4 is 56.0 Å². The number of hydrogen-bond donors (Lipinski definition) is 2. The van der Waals surface area contributed by atoms with Crippen molar-refractivity contribution < 1.29 is 19.4 Å². The van der Waals surface area contributed by atoms with E-state index in [0.29, 0.717) is 26.9 Å². The molecule has 1 unspecified atom stereocenters. The number of aliphatic hydroxyl groups is 1. The molecule has 3 aromatic carbocycles. The summed E-state index contributed by atoms with van der Waals surface area (Å²) < 4.78 is 5.90. The number of aliphatic hydroxyl groups excluding tert-OH is 1. The first-order chi connectivity index (χ1) is 18.4. The number of rotatable bonds is 7. The van der Waals surface area contributed by atoms with Crippen LogP contribution in [-0.4, -0.2) is 47.0 Å². The van der Waals surface area contributed by atoms with Crippen LogP contribution in [0.25, 0.3) is 16.8 Å². The number of benzene rings is 3. The average molecular weight is 575 g/mol. The minimum Gasteiger partial charge on any atom is -0.507 e. The van der Waals surface area contributed by atoms with Crippen molar-refractivity contribution in [1.82, 2.24) is 9.97 Å². The van der Waals surface area contributed by atoms with Crippen LogP contribution in [0.4, 0.5) is 11.6 Å². The van der Waals surface area contributed by atoms with Crippen molar-refractivity contribution in [3.8, 4) is 5.75 Å². The van der Waals surface area contributed by atoms with E-state index < -0.39 is 17.7 Å². The summed E-state index contributed by atoms with van der Waals surface area (Å²) in [7, 11) is 1.54. The number of aromatic amines is 1. The van der Waals surface area contributed by atoms with E-state index >= 15 is 0 Å². The van der Waals surface area contributed by atoms with Crippen molar-refractivity contribution in [3.05, 3.63) is 87.9 Å². The lowest BCUT2D eigenvalue weighted by Gasteiger charge is -2.25. The molecule has 8 nitrogen and oxygen atoms in total. The molecule has 0 spiro atoms. The van der Waals surface area contributed by atoms with E-state index in [1.54, 1.807) is 25.3 Å². The zero-order chi connectivity index (χ0) is 27.0. The Morgan fingerprint density at radius 1 is 1.08 bits per heavy atom. The van der Waals surface area contributed by atoms with Crippen molar-refractivity contribution in [2.45, 2.75) is 19.9 Å². The number of nitrogens with one attached hydrogen (secondary N) is 1. The normalized spacial score (nSPS) is 16.8. The number of hydrogen-bond acceptors (Lipinski definition) is 6. The minimum atomic E-state index is -0.887. The quantitative estimate of drug-likeness (QED) is 0.164. The highest BCUT2D eigenvalue weighted by Gasteiger charge is 2.48. The van der Waals surface area contributed by atoms with Crippen molar-refractivity contribution in [3.63, 3.8) is 0 Å². The number of amides is 1. The third kappa shape index (κ3) is 4.32. The summed E-state index contributed by atoms with van der Waals surface area (Å²) >= 11 is 3.43. The van der Waals surface area contributed by atoms with Gasteiger partial charge in [0, 0.05) is 24.3 Å². The molecule has 0 saturated carbocycles. The highest BCUT2D eigenvalue weighted by atomic mass is 79.9. The molecule has 1 aliphatic heterocycles. The first kappa shape index (κ1) is 25.5. The van der Waals surface area contributed by atoms with Gasteiger partial charge in [0.2, 0.25) is 5.95 Å². The molecule has 1 atom stereocenters. The number of methoxy groups -OCH3 is 1. The Kier molecular flexibility index (Phi) is 6.94. The van der Waals surface area contributed by atoms with Crippen LogP contribution >= 0.6 is 15.9 Å². The first-order valence-corrected chi connectivity index (χ1v) is 13.1. The molecular formula is C29H27BrN4O4. The predicted octanol–water partition coefficient (Wildman–Crippen LogP) is 5.81. The van der Waals surface area contributed by atoms with Gasteiger partial charge in [-0.3, -0.25) is 14.5 Å². The van der Waals surface area contributed by atoms with Gasteiger partial charge in [0.1, 0.15) is 11.5 Å². The van der Waals surface area contributed by atoms with Crippen LogP contribution < -0.4 is 14.5 Å². The van der Waals surface area contributed by atoms with Gasteiger partial charge in [0.15, 0.2) is 0 Å². The number of fused-ring (bicyclic) bond motifs is 1. The maximum absolute atomic E-state index is 13.5. The smallest absolute Gasteiger partial charge is 0.302 e. The lowest BCUT2D eigenvalue weighted by molar-refractivity contribution is -0.132. The van der Waals surface area contributed by atoms with Crippen LogP contribution in [0.1, 0.15) is 31.0 Å². The summed E-state index contributed by atoms with van der Waals surface area (Å²) in [5.41, 5.74) is 3.47. The number of H-pyrrole nitrogens is 1. The van der Waals surface area contributed by atoms with Crippen molar-refractivity contribution in [2.75, 3.05) is 30.0 Å². The molecule has 0 aliphatic carbocycles. The fourth-order valence-corrected chi connectivity index (χ4v) is 5.39. The zero-order valence-electron chi connectivity index (χ0n) is 21.2. The Labute approximate surface area is 228 Å². The highest BCUT2D eigenvalue weighted by Crippen LogP contribution is 2.42. The van der Waals surface area contributed by atoms with Gasteiger partial charge in [-0.2, -0.15) is 0 Å². The van der Waals surface area contributed by atoms with Crippen LogP contribution in [-0.2, 0) is 9.59 Å². The van der Waals surface area contributed by atoms with Gasteiger partial charge in [-0.05, 0) is 77.8 Å². The lowest BCUT2D eigenvalue weighted by Crippen LogP contribution is -2.30. The first-order valence-electron chi connectivity index (χ1n) is 12.3. The largest absolute Gasteiger partial charge is 0.507 e. The number of imidazole rings is 1. The maximum atomic E-state index is 13.5. The van der Waals surface area contributed by atoms with Gasteiger partial charge in [-0.1, -0.05) is 24.3 Å². The van der Waals surface area contributed by atoms with Gasteiger partial charge in [0.05, 0.1) is 34.2 Å². The number of halogens is 1. The Balaban J connectivity index is 1.69. The summed E-state index contributed by atoms with van der Waals surface area (Å²) in [5, 5.41) is 11.4. The third-order valence-electron chi connectivity index (χ3n) is 6.81. The lowest BCUT2D eigenvalue weighted by atomic mass is 9.95. The molecule has 5 rings (SSSR count). The molecule has 1 fully saturated rings. The number of nitrogens with zero attached hydrogens (tertiary/aromatic N) is 3. The molecule has 38 heavy (non-hydrogen) atoms. The molecule has 194 valence electrons. The SMILES string of the molecule is CCN(CC)c1ccc(C2/C(=C(\O)c3ccc(OC)c(Br)c3)C(=O)C(=O)N2c2nc3ccccc3[nH]2)cc1. The second-order valence-corrected chi connectivity index (χ2v) is 9.71. The number of anilines is 2. The molecule has 1 saturated heterocycles. The standard InChI is InChI=1S/C29H27BrN4O4/c1-4-33(5-2)19-13-10-17(11-14-19)25-24(26(35)18-12-15-23(38-3)20(30)16-18)27(36)28(37)34(25)29-31-21-8-6-7-9-22(21)32-29/h6-16,25,35H,4-5H2,1-3H3,(H,31,32)/b26-24+. The van der Waals surface area contributed by atoms with E-state index in [1.165, 1.54) is 4.90 Å². The van der Waals surface area contributed by atoms with Gasteiger partial charge >= 0.3 is 5.91 Å². The number of Topliss-reactive ketones (excluding diaryl/α,β-unsaturated/α-hetero) is 1. The molecule has 1 amide bonds. The van der Waals surface area contributed by atoms with Crippen molar-refractivity contribution in [1.29, 1.82) is 0 Å².